The number of thioether (sulfide) groups is 1. The van der Waals surface area contributed by atoms with E-state index in [9.17, 15) is 0 Å². The monoisotopic (exact) mass is 217 g/mol. The Hall–Kier alpha value is -0.0600. The number of ether oxygens (including phenoxy) is 1. The summed E-state index contributed by atoms with van der Waals surface area (Å²) in [6.45, 7) is 2.92. The van der Waals surface area contributed by atoms with Crippen molar-refractivity contribution >= 4 is 23.1 Å². The molecule has 0 aliphatic rings. The average Bonchev–Trinajstić information content (AvgIpc) is 2.51. The van der Waals surface area contributed by atoms with Crippen LogP contribution in [0.15, 0.2) is 6.20 Å². The zero-order valence-electron chi connectivity index (χ0n) is 8.08. The molecule has 0 spiro atoms. The summed E-state index contributed by atoms with van der Waals surface area (Å²) in [6, 6.07) is 0. The predicted molar refractivity (Wildman–Crippen MR) is 59.5 cm³/mol. The third-order valence-corrected chi connectivity index (χ3v) is 3.74. The smallest absolute Gasteiger partial charge is 0.0897 e. The number of aryl methyl sites for hydroxylation is 1. The Morgan fingerprint density at radius 3 is 3.08 bits per heavy atom. The van der Waals surface area contributed by atoms with Gasteiger partial charge < -0.3 is 4.74 Å². The van der Waals surface area contributed by atoms with Gasteiger partial charge in [0.15, 0.2) is 0 Å². The maximum absolute atomic E-state index is 4.98. The van der Waals surface area contributed by atoms with Gasteiger partial charge in [0, 0.05) is 30.5 Å². The van der Waals surface area contributed by atoms with Crippen LogP contribution in [0, 0.1) is 6.92 Å². The molecule has 0 aromatic carbocycles. The molecule has 1 aromatic rings. The lowest BCUT2D eigenvalue weighted by molar-refractivity contribution is 0.200. The van der Waals surface area contributed by atoms with Crippen LogP contribution in [0.2, 0.25) is 0 Å². The summed E-state index contributed by atoms with van der Waals surface area (Å²) in [5.41, 5.74) is 0. The summed E-state index contributed by atoms with van der Waals surface area (Å²) >= 11 is 3.74. The van der Waals surface area contributed by atoms with Crippen molar-refractivity contribution in [2.75, 3.05) is 19.5 Å². The standard InChI is InChI=1S/C9H15NOS2/c1-8-10-6-9(13-8)7-12-5-3-4-11-2/h6H,3-5,7H2,1-2H3. The first-order valence-corrected chi connectivity index (χ1v) is 6.28. The van der Waals surface area contributed by atoms with Crippen molar-refractivity contribution in [1.29, 1.82) is 0 Å². The van der Waals surface area contributed by atoms with E-state index in [1.54, 1.807) is 18.4 Å². The van der Waals surface area contributed by atoms with Crippen LogP contribution in [0.3, 0.4) is 0 Å². The number of hydrogen-bond acceptors (Lipinski definition) is 4. The van der Waals surface area contributed by atoms with Crippen LogP contribution in [0.1, 0.15) is 16.3 Å². The van der Waals surface area contributed by atoms with Crippen molar-refractivity contribution in [1.82, 2.24) is 4.98 Å². The van der Waals surface area contributed by atoms with Crippen molar-refractivity contribution < 1.29 is 4.74 Å². The first-order valence-electron chi connectivity index (χ1n) is 4.31. The number of methoxy groups -OCH3 is 1. The van der Waals surface area contributed by atoms with Crippen molar-refractivity contribution in [3.63, 3.8) is 0 Å². The molecule has 13 heavy (non-hydrogen) atoms. The Morgan fingerprint density at radius 1 is 1.62 bits per heavy atom. The van der Waals surface area contributed by atoms with Crippen molar-refractivity contribution in [2.45, 2.75) is 19.1 Å². The minimum absolute atomic E-state index is 0.870. The molecule has 0 fully saturated rings. The molecule has 2 nitrogen and oxygen atoms in total. The van der Waals surface area contributed by atoms with Gasteiger partial charge in [-0.15, -0.1) is 11.3 Å². The van der Waals surface area contributed by atoms with Gasteiger partial charge >= 0.3 is 0 Å². The Kier molecular flexibility index (Phi) is 5.43. The van der Waals surface area contributed by atoms with E-state index in [1.165, 1.54) is 10.6 Å². The average molecular weight is 217 g/mol. The zero-order valence-corrected chi connectivity index (χ0v) is 9.71. The summed E-state index contributed by atoms with van der Waals surface area (Å²) in [5, 5.41) is 1.16. The van der Waals surface area contributed by atoms with E-state index in [-0.39, 0.29) is 0 Å². The van der Waals surface area contributed by atoms with Gasteiger partial charge in [-0.1, -0.05) is 0 Å². The zero-order chi connectivity index (χ0) is 9.52. The normalized spacial score (nSPS) is 10.6. The molecule has 1 rings (SSSR count). The lowest BCUT2D eigenvalue weighted by Crippen LogP contribution is -1.90. The van der Waals surface area contributed by atoms with Gasteiger partial charge in [0.05, 0.1) is 5.01 Å². The third kappa shape index (κ3) is 4.64. The van der Waals surface area contributed by atoms with E-state index in [1.807, 2.05) is 24.9 Å². The molecule has 0 N–H and O–H groups in total. The van der Waals surface area contributed by atoms with E-state index < -0.39 is 0 Å². The summed E-state index contributed by atoms with van der Waals surface area (Å²) < 4.78 is 4.98. The number of hydrogen-bond donors (Lipinski definition) is 0. The molecule has 1 heterocycles. The summed E-state index contributed by atoms with van der Waals surface area (Å²) in [5.74, 6) is 2.26. The van der Waals surface area contributed by atoms with Gasteiger partial charge in [-0.25, -0.2) is 4.98 Å². The molecule has 74 valence electrons. The Labute approximate surface area is 87.7 Å². The Bertz CT molecular complexity index is 237. The summed E-state index contributed by atoms with van der Waals surface area (Å²) in [4.78, 5) is 5.59. The fraction of sp³-hybridized carbons (Fsp3) is 0.667. The van der Waals surface area contributed by atoms with Crippen LogP contribution in [-0.4, -0.2) is 24.5 Å². The fourth-order valence-corrected chi connectivity index (χ4v) is 2.77. The number of nitrogens with zero attached hydrogens (tertiary/aromatic N) is 1. The molecule has 0 aliphatic carbocycles. The molecule has 0 amide bonds. The number of rotatable bonds is 6. The molecular weight excluding hydrogens is 202 g/mol. The van der Waals surface area contributed by atoms with Gasteiger partial charge in [-0.05, 0) is 19.1 Å². The lowest BCUT2D eigenvalue weighted by atomic mass is 10.5. The first kappa shape index (κ1) is 11.0. The lowest BCUT2D eigenvalue weighted by Gasteiger charge is -1.98. The maximum atomic E-state index is 4.98. The van der Waals surface area contributed by atoms with E-state index in [4.69, 9.17) is 4.74 Å². The largest absolute Gasteiger partial charge is 0.385 e. The fourth-order valence-electron chi connectivity index (χ4n) is 0.950. The predicted octanol–water partition coefficient (Wildman–Crippen LogP) is 2.72. The molecule has 4 heteroatoms. The van der Waals surface area contributed by atoms with Crippen molar-refractivity contribution in [3.05, 3.63) is 16.1 Å². The third-order valence-electron chi connectivity index (χ3n) is 1.55. The van der Waals surface area contributed by atoms with E-state index in [2.05, 4.69) is 4.98 Å². The molecule has 0 unspecified atom stereocenters. The molecule has 0 aliphatic heterocycles. The highest BCUT2D eigenvalue weighted by Crippen LogP contribution is 2.18. The van der Waals surface area contributed by atoms with Crippen LogP contribution < -0.4 is 0 Å². The van der Waals surface area contributed by atoms with Gasteiger partial charge in [0.25, 0.3) is 0 Å². The second-order valence-electron chi connectivity index (χ2n) is 2.74. The second-order valence-corrected chi connectivity index (χ2v) is 5.17. The van der Waals surface area contributed by atoms with Crippen LogP contribution in [-0.2, 0) is 10.5 Å². The summed E-state index contributed by atoms with van der Waals surface area (Å²) in [6.07, 6.45) is 3.11. The van der Waals surface area contributed by atoms with Crippen LogP contribution in [0.4, 0.5) is 0 Å². The van der Waals surface area contributed by atoms with E-state index in [0.717, 1.165) is 23.8 Å². The SMILES string of the molecule is COCCCSCc1cnc(C)s1. The minimum atomic E-state index is 0.870. The highest BCUT2D eigenvalue weighted by molar-refractivity contribution is 7.98. The number of thiazole rings is 1. The van der Waals surface area contributed by atoms with Gasteiger partial charge in [-0.3, -0.25) is 0 Å². The molecule has 0 bridgehead atoms. The second kappa shape index (κ2) is 6.40. The first-order chi connectivity index (χ1) is 6.33. The summed E-state index contributed by atoms with van der Waals surface area (Å²) in [7, 11) is 1.75. The van der Waals surface area contributed by atoms with Gasteiger partial charge in [-0.2, -0.15) is 11.8 Å². The maximum Gasteiger partial charge on any atom is 0.0897 e. The molecule has 0 atom stereocenters. The minimum Gasteiger partial charge on any atom is -0.385 e. The van der Waals surface area contributed by atoms with Crippen molar-refractivity contribution in [2.24, 2.45) is 0 Å². The Morgan fingerprint density at radius 2 is 2.46 bits per heavy atom. The van der Waals surface area contributed by atoms with E-state index >= 15 is 0 Å². The van der Waals surface area contributed by atoms with Crippen LogP contribution >= 0.6 is 23.1 Å². The molecule has 0 saturated heterocycles. The van der Waals surface area contributed by atoms with E-state index in [0.29, 0.717) is 0 Å². The quantitative estimate of drug-likeness (QED) is 0.684. The van der Waals surface area contributed by atoms with Gasteiger partial charge in [0.2, 0.25) is 0 Å². The highest BCUT2D eigenvalue weighted by atomic mass is 32.2. The van der Waals surface area contributed by atoms with Crippen LogP contribution in [0.25, 0.3) is 0 Å². The number of aromatic nitrogens is 1. The Balaban J connectivity index is 2.06. The molecular formula is C9H15NOS2. The van der Waals surface area contributed by atoms with Crippen LogP contribution in [0.5, 0.6) is 0 Å². The molecule has 1 aromatic heterocycles. The molecule has 0 radical (unpaired) electrons. The van der Waals surface area contributed by atoms with Crippen molar-refractivity contribution in [3.8, 4) is 0 Å². The van der Waals surface area contributed by atoms with Gasteiger partial charge in [0.1, 0.15) is 0 Å². The highest BCUT2D eigenvalue weighted by Gasteiger charge is 1.97. The molecule has 0 saturated carbocycles. The topological polar surface area (TPSA) is 22.1 Å².